The molecule has 2 aliphatic heterocycles. The number of hydrogen-bond acceptors (Lipinski definition) is 5. The number of rotatable bonds is 7. The first-order valence-corrected chi connectivity index (χ1v) is 10.6. The van der Waals surface area contributed by atoms with Crippen molar-refractivity contribution in [1.82, 2.24) is 15.2 Å². The molecule has 1 saturated heterocycles. The summed E-state index contributed by atoms with van der Waals surface area (Å²) in [6.45, 7) is 3.29. The van der Waals surface area contributed by atoms with E-state index in [9.17, 15) is 9.18 Å². The fourth-order valence-corrected chi connectivity index (χ4v) is 4.16. The molecule has 1 fully saturated rings. The second-order valence-corrected chi connectivity index (χ2v) is 7.92. The Morgan fingerprint density at radius 2 is 1.90 bits per heavy atom. The van der Waals surface area contributed by atoms with E-state index in [1.807, 2.05) is 17.0 Å². The van der Waals surface area contributed by atoms with Crippen LogP contribution in [0.5, 0.6) is 11.5 Å². The smallest absolute Gasteiger partial charge is 0.231 e. The lowest BCUT2D eigenvalue weighted by Gasteiger charge is -2.16. The number of halogens is 1. The van der Waals surface area contributed by atoms with E-state index in [1.165, 1.54) is 12.1 Å². The van der Waals surface area contributed by atoms with Gasteiger partial charge in [-0.2, -0.15) is 0 Å². The number of nitrogens with zero attached hydrogens (tertiary/aromatic N) is 2. The molecule has 2 aromatic carbocycles. The standard InChI is InChI=1S/C24H24FN3O3/c25-19-6-4-16(5-7-19)24-18(14-26-8-2-10-28-9-1-3-23(28)29)11-17-12-21-22(31-15-30-21)13-20(17)27-24/h4-7,11-13,26H,1-3,8-10,14-15H2. The highest BCUT2D eigenvalue weighted by molar-refractivity contribution is 5.86. The maximum absolute atomic E-state index is 13.5. The van der Waals surface area contributed by atoms with Crippen molar-refractivity contribution in [1.29, 1.82) is 0 Å². The average Bonchev–Trinajstić information content (AvgIpc) is 3.40. The minimum absolute atomic E-state index is 0.213. The van der Waals surface area contributed by atoms with Crippen molar-refractivity contribution < 1.29 is 18.7 Å². The van der Waals surface area contributed by atoms with Crippen molar-refractivity contribution >= 4 is 16.8 Å². The Bertz CT molecular complexity index is 1120. The fourth-order valence-electron chi connectivity index (χ4n) is 4.16. The zero-order valence-corrected chi connectivity index (χ0v) is 17.2. The maximum Gasteiger partial charge on any atom is 0.231 e. The molecule has 7 heteroatoms. The molecular formula is C24H24FN3O3. The molecule has 160 valence electrons. The summed E-state index contributed by atoms with van der Waals surface area (Å²) >= 11 is 0. The zero-order chi connectivity index (χ0) is 21.2. The lowest BCUT2D eigenvalue weighted by Crippen LogP contribution is -2.28. The Kier molecular flexibility index (Phi) is 5.42. The highest BCUT2D eigenvalue weighted by Crippen LogP contribution is 2.37. The zero-order valence-electron chi connectivity index (χ0n) is 17.2. The van der Waals surface area contributed by atoms with Crippen LogP contribution in [0.4, 0.5) is 4.39 Å². The number of benzene rings is 2. The monoisotopic (exact) mass is 421 g/mol. The second-order valence-electron chi connectivity index (χ2n) is 7.92. The van der Waals surface area contributed by atoms with Crippen molar-refractivity contribution in [2.45, 2.75) is 25.8 Å². The van der Waals surface area contributed by atoms with Crippen LogP contribution in [0.15, 0.2) is 42.5 Å². The molecule has 3 heterocycles. The Morgan fingerprint density at radius 1 is 1.10 bits per heavy atom. The minimum atomic E-state index is -0.274. The van der Waals surface area contributed by atoms with Crippen LogP contribution in [0.1, 0.15) is 24.8 Å². The summed E-state index contributed by atoms with van der Waals surface area (Å²) in [5.41, 5.74) is 3.50. The van der Waals surface area contributed by atoms with Crippen LogP contribution in [0, 0.1) is 5.82 Å². The molecule has 5 rings (SSSR count). The normalized spacial score (nSPS) is 15.3. The van der Waals surface area contributed by atoms with Gasteiger partial charge in [-0.05, 0) is 61.3 Å². The summed E-state index contributed by atoms with van der Waals surface area (Å²) in [5.74, 6) is 1.39. The third kappa shape index (κ3) is 4.18. The van der Waals surface area contributed by atoms with Gasteiger partial charge in [-0.1, -0.05) is 0 Å². The molecule has 0 saturated carbocycles. The molecule has 0 aliphatic carbocycles. The summed E-state index contributed by atoms with van der Waals surface area (Å²) < 4.78 is 24.5. The number of pyridine rings is 1. The Morgan fingerprint density at radius 3 is 2.68 bits per heavy atom. The van der Waals surface area contributed by atoms with Gasteiger partial charge in [0.15, 0.2) is 11.5 Å². The van der Waals surface area contributed by atoms with E-state index in [0.29, 0.717) is 18.7 Å². The van der Waals surface area contributed by atoms with Gasteiger partial charge < -0.3 is 19.7 Å². The highest BCUT2D eigenvalue weighted by Gasteiger charge is 2.19. The van der Waals surface area contributed by atoms with Crippen LogP contribution in [0.2, 0.25) is 0 Å². The van der Waals surface area contributed by atoms with E-state index in [1.54, 1.807) is 12.1 Å². The van der Waals surface area contributed by atoms with Crippen molar-refractivity contribution in [3.63, 3.8) is 0 Å². The number of ether oxygens (including phenoxy) is 2. The molecule has 0 radical (unpaired) electrons. The van der Waals surface area contributed by atoms with Gasteiger partial charge in [0.05, 0.1) is 11.2 Å². The lowest BCUT2D eigenvalue weighted by molar-refractivity contribution is -0.127. The van der Waals surface area contributed by atoms with E-state index in [2.05, 4.69) is 11.4 Å². The van der Waals surface area contributed by atoms with Gasteiger partial charge in [0.2, 0.25) is 12.7 Å². The Labute approximate surface area is 180 Å². The van der Waals surface area contributed by atoms with E-state index >= 15 is 0 Å². The largest absolute Gasteiger partial charge is 0.454 e. The first kappa shape index (κ1) is 19.8. The first-order chi connectivity index (χ1) is 15.2. The number of likely N-dealkylation sites (tertiary alicyclic amines) is 1. The van der Waals surface area contributed by atoms with Gasteiger partial charge in [0.1, 0.15) is 5.82 Å². The SMILES string of the molecule is O=C1CCCN1CCCNCc1cc2cc3c(cc2nc1-c1ccc(F)cc1)OCO3. The molecular weight excluding hydrogens is 397 g/mol. The molecule has 1 aromatic heterocycles. The number of hydrogen-bond donors (Lipinski definition) is 1. The molecule has 2 aliphatic rings. The van der Waals surface area contributed by atoms with Crippen LogP contribution in [-0.2, 0) is 11.3 Å². The van der Waals surface area contributed by atoms with Gasteiger partial charge in [-0.25, -0.2) is 9.37 Å². The summed E-state index contributed by atoms with van der Waals surface area (Å²) in [4.78, 5) is 18.6. The summed E-state index contributed by atoms with van der Waals surface area (Å²) in [6, 6.07) is 12.3. The van der Waals surface area contributed by atoms with E-state index in [4.69, 9.17) is 14.5 Å². The number of aromatic nitrogens is 1. The Balaban J connectivity index is 1.36. The van der Waals surface area contributed by atoms with Gasteiger partial charge in [0.25, 0.3) is 0 Å². The van der Waals surface area contributed by atoms with Crippen molar-refractivity contribution in [3.05, 3.63) is 53.8 Å². The number of carbonyl (C=O) groups is 1. The van der Waals surface area contributed by atoms with Crippen LogP contribution in [0.3, 0.4) is 0 Å². The van der Waals surface area contributed by atoms with Crippen LogP contribution in [0.25, 0.3) is 22.2 Å². The number of fused-ring (bicyclic) bond motifs is 2. The minimum Gasteiger partial charge on any atom is -0.454 e. The second kappa shape index (κ2) is 8.51. The molecule has 0 atom stereocenters. The summed E-state index contributed by atoms with van der Waals surface area (Å²) in [6.07, 6.45) is 2.54. The van der Waals surface area contributed by atoms with Gasteiger partial charge in [-0.3, -0.25) is 4.79 Å². The molecule has 0 bridgehead atoms. The molecule has 6 nitrogen and oxygen atoms in total. The highest BCUT2D eigenvalue weighted by atomic mass is 19.1. The maximum atomic E-state index is 13.5. The van der Waals surface area contributed by atoms with Crippen molar-refractivity contribution in [2.24, 2.45) is 0 Å². The van der Waals surface area contributed by atoms with Crippen LogP contribution < -0.4 is 14.8 Å². The molecule has 0 spiro atoms. The van der Waals surface area contributed by atoms with E-state index in [0.717, 1.165) is 65.9 Å². The summed E-state index contributed by atoms with van der Waals surface area (Å²) in [7, 11) is 0. The molecule has 3 aromatic rings. The van der Waals surface area contributed by atoms with E-state index < -0.39 is 0 Å². The fraction of sp³-hybridized carbons (Fsp3) is 0.333. The topological polar surface area (TPSA) is 63.7 Å². The van der Waals surface area contributed by atoms with Gasteiger partial charge in [0, 0.05) is 43.1 Å². The molecule has 0 unspecified atom stereocenters. The predicted molar refractivity (Wildman–Crippen MR) is 115 cm³/mol. The molecule has 1 N–H and O–H groups in total. The molecule has 31 heavy (non-hydrogen) atoms. The number of carbonyl (C=O) groups excluding carboxylic acids is 1. The predicted octanol–water partition coefficient (Wildman–Crippen LogP) is 3.87. The summed E-state index contributed by atoms with van der Waals surface area (Å²) in [5, 5.41) is 4.44. The van der Waals surface area contributed by atoms with Gasteiger partial charge in [-0.15, -0.1) is 0 Å². The van der Waals surface area contributed by atoms with Crippen LogP contribution >= 0.6 is 0 Å². The number of nitrogens with one attached hydrogen (secondary N) is 1. The molecule has 1 amide bonds. The average molecular weight is 421 g/mol. The third-order valence-corrected chi connectivity index (χ3v) is 5.77. The number of amides is 1. The van der Waals surface area contributed by atoms with Crippen molar-refractivity contribution in [2.75, 3.05) is 26.4 Å². The van der Waals surface area contributed by atoms with Crippen LogP contribution in [-0.4, -0.2) is 42.2 Å². The van der Waals surface area contributed by atoms with Gasteiger partial charge >= 0.3 is 0 Å². The lowest BCUT2D eigenvalue weighted by atomic mass is 10.0. The first-order valence-electron chi connectivity index (χ1n) is 10.6. The van der Waals surface area contributed by atoms with Crippen molar-refractivity contribution in [3.8, 4) is 22.8 Å². The third-order valence-electron chi connectivity index (χ3n) is 5.77. The van der Waals surface area contributed by atoms with E-state index in [-0.39, 0.29) is 18.5 Å². The Hall–Kier alpha value is -3.19. The quantitative estimate of drug-likeness (QED) is 0.587.